The molecule has 0 aliphatic carbocycles. The highest BCUT2D eigenvalue weighted by Crippen LogP contribution is 2.12. The molecule has 18 heavy (non-hydrogen) atoms. The third kappa shape index (κ3) is 2.28. The highest BCUT2D eigenvalue weighted by Gasteiger charge is 2.09. The van der Waals surface area contributed by atoms with Crippen LogP contribution in [0.4, 0.5) is 4.39 Å². The number of aryl methyl sites for hydroxylation is 1. The van der Waals surface area contributed by atoms with Crippen LogP contribution >= 0.6 is 0 Å². The fraction of sp³-hybridized carbons (Fsp3) is 0.154. The van der Waals surface area contributed by atoms with E-state index in [0.717, 1.165) is 0 Å². The lowest BCUT2D eigenvalue weighted by Crippen LogP contribution is -2.23. The van der Waals surface area contributed by atoms with Gasteiger partial charge in [-0.2, -0.15) is 10.4 Å². The van der Waals surface area contributed by atoms with Crippen LogP contribution in [0.25, 0.3) is 0 Å². The summed E-state index contributed by atoms with van der Waals surface area (Å²) >= 11 is 0. The first-order valence-corrected chi connectivity index (χ1v) is 5.34. The van der Waals surface area contributed by atoms with Gasteiger partial charge in [0, 0.05) is 11.6 Å². The maximum Gasteiger partial charge on any atom is 0.267 e. The van der Waals surface area contributed by atoms with Crippen LogP contribution in [-0.2, 0) is 6.54 Å². The monoisotopic (exact) mass is 243 g/mol. The molecule has 0 saturated carbocycles. The van der Waals surface area contributed by atoms with E-state index in [0.29, 0.717) is 5.69 Å². The van der Waals surface area contributed by atoms with Gasteiger partial charge < -0.3 is 0 Å². The number of hydrogen-bond donors (Lipinski definition) is 0. The van der Waals surface area contributed by atoms with Crippen molar-refractivity contribution in [3.05, 3.63) is 63.3 Å². The topological polar surface area (TPSA) is 58.7 Å². The molecule has 2 aromatic rings. The van der Waals surface area contributed by atoms with Crippen molar-refractivity contribution in [1.82, 2.24) is 9.78 Å². The molecule has 0 unspecified atom stereocenters. The molecule has 0 spiro atoms. The molecule has 0 aliphatic rings. The zero-order valence-corrected chi connectivity index (χ0v) is 9.72. The maximum atomic E-state index is 13.8. The minimum Gasteiger partial charge on any atom is -0.268 e. The van der Waals surface area contributed by atoms with Gasteiger partial charge >= 0.3 is 0 Å². The lowest BCUT2D eigenvalue weighted by Gasteiger charge is -2.06. The Morgan fingerprint density at radius 2 is 2.17 bits per heavy atom. The highest BCUT2D eigenvalue weighted by molar-refractivity contribution is 5.35. The third-order valence-corrected chi connectivity index (χ3v) is 2.52. The molecule has 2 rings (SSSR count). The number of nitrogens with zero attached hydrogens (tertiary/aromatic N) is 3. The molecule has 0 bridgehead atoms. The molecule has 0 saturated heterocycles. The van der Waals surface area contributed by atoms with Gasteiger partial charge in [0.25, 0.3) is 5.56 Å². The summed E-state index contributed by atoms with van der Waals surface area (Å²) in [5, 5.41) is 12.8. The Labute approximate surface area is 103 Å². The van der Waals surface area contributed by atoms with E-state index in [4.69, 9.17) is 5.26 Å². The van der Waals surface area contributed by atoms with Gasteiger partial charge in [0.05, 0.1) is 17.8 Å². The molecule has 0 atom stereocenters. The maximum absolute atomic E-state index is 13.8. The molecule has 90 valence electrons. The summed E-state index contributed by atoms with van der Waals surface area (Å²) in [6.45, 7) is 1.76. The van der Waals surface area contributed by atoms with Gasteiger partial charge in [0.1, 0.15) is 11.9 Å². The molecule has 1 aromatic heterocycles. The molecular formula is C13H10FN3O. The van der Waals surface area contributed by atoms with E-state index in [1.54, 1.807) is 25.1 Å². The van der Waals surface area contributed by atoms with Crippen molar-refractivity contribution in [3.8, 4) is 6.07 Å². The van der Waals surface area contributed by atoms with Crippen molar-refractivity contribution >= 4 is 0 Å². The molecule has 0 aliphatic heterocycles. The van der Waals surface area contributed by atoms with Crippen LogP contribution in [-0.4, -0.2) is 9.78 Å². The summed E-state index contributed by atoms with van der Waals surface area (Å²) in [7, 11) is 0. The standard InChI is InChI=1S/C13H10FN3O/c1-9-5-6-12(18)17(16-9)8-11-4-2-3-10(7-15)13(11)14/h2-6H,8H2,1H3. The van der Waals surface area contributed by atoms with E-state index in [2.05, 4.69) is 5.10 Å². The van der Waals surface area contributed by atoms with E-state index in [1.165, 1.54) is 22.9 Å². The van der Waals surface area contributed by atoms with Crippen molar-refractivity contribution in [1.29, 1.82) is 5.26 Å². The quantitative estimate of drug-likeness (QED) is 0.805. The zero-order valence-electron chi connectivity index (χ0n) is 9.72. The Morgan fingerprint density at radius 1 is 1.39 bits per heavy atom. The first-order valence-electron chi connectivity index (χ1n) is 5.34. The Kier molecular flexibility index (Phi) is 3.20. The minimum absolute atomic E-state index is 0.0157. The van der Waals surface area contributed by atoms with Crippen LogP contribution in [0.2, 0.25) is 0 Å². The van der Waals surface area contributed by atoms with Gasteiger partial charge in [-0.05, 0) is 19.1 Å². The Morgan fingerprint density at radius 3 is 2.89 bits per heavy atom. The van der Waals surface area contributed by atoms with Crippen molar-refractivity contribution in [3.63, 3.8) is 0 Å². The van der Waals surface area contributed by atoms with Gasteiger partial charge in [-0.15, -0.1) is 0 Å². The largest absolute Gasteiger partial charge is 0.268 e. The minimum atomic E-state index is -0.602. The predicted octanol–water partition coefficient (Wildman–Crippen LogP) is 1.61. The molecule has 5 heteroatoms. The van der Waals surface area contributed by atoms with Crippen molar-refractivity contribution in [2.24, 2.45) is 0 Å². The number of halogens is 1. The van der Waals surface area contributed by atoms with Crippen LogP contribution in [0, 0.1) is 24.1 Å². The first kappa shape index (κ1) is 12.0. The third-order valence-electron chi connectivity index (χ3n) is 2.52. The van der Waals surface area contributed by atoms with Gasteiger partial charge in [-0.25, -0.2) is 9.07 Å². The summed E-state index contributed by atoms with van der Waals surface area (Å²) in [4.78, 5) is 11.6. The second-order valence-electron chi connectivity index (χ2n) is 3.86. The molecule has 1 aromatic carbocycles. The van der Waals surface area contributed by atoms with E-state index in [-0.39, 0.29) is 23.2 Å². The molecule has 4 nitrogen and oxygen atoms in total. The normalized spacial score (nSPS) is 10.1. The lowest BCUT2D eigenvalue weighted by molar-refractivity contribution is 0.566. The Hall–Kier alpha value is -2.48. The van der Waals surface area contributed by atoms with Crippen LogP contribution in [0.5, 0.6) is 0 Å². The van der Waals surface area contributed by atoms with Crippen molar-refractivity contribution in [2.75, 3.05) is 0 Å². The first-order chi connectivity index (χ1) is 8.61. The van der Waals surface area contributed by atoms with Crippen LogP contribution < -0.4 is 5.56 Å². The predicted molar refractivity (Wildman–Crippen MR) is 63.5 cm³/mol. The van der Waals surface area contributed by atoms with Gasteiger partial charge in [0.15, 0.2) is 0 Å². The van der Waals surface area contributed by atoms with Gasteiger partial charge in [-0.1, -0.05) is 12.1 Å². The van der Waals surface area contributed by atoms with E-state index >= 15 is 0 Å². The highest BCUT2D eigenvalue weighted by atomic mass is 19.1. The fourth-order valence-corrected chi connectivity index (χ4v) is 1.61. The number of nitriles is 1. The average molecular weight is 243 g/mol. The Balaban J connectivity index is 2.44. The van der Waals surface area contributed by atoms with E-state index in [1.807, 2.05) is 0 Å². The van der Waals surface area contributed by atoms with E-state index in [9.17, 15) is 9.18 Å². The molecule has 0 radical (unpaired) electrons. The molecule has 0 fully saturated rings. The zero-order chi connectivity index (χ0) is 13.1. The lowest BCUT2D eigenvalue weighted by atomic mass is 10.1. The van der Waals surface area contributed by atoms with Gasteiger partial charge in [-0.3, -0.25) is 4.79 Å². The second kappa shape index (κ2) is 4.80. The molecule has 1 heterocycles. The fourth-order valence-electron chi connectivity index (χ4n) is 1.61. The number of hydrogen-bond acceptors (Lipinski definition) is 3. The van der Waals surface area contributed by atoms with Crippen molar-refractivity contribution < 1.29 is 4.39 Å². The SMILES string of the molecule is Cc1ccc(=O)n(Cc2cccc(C#N)c2F)n1. The smallest absolute Gasteiger partial charge is 0.267 e. The summed E-state index contributed by atoms with van der Waals surface area (Å²) in [6.07, 6.45) is 0. The molecule has 0 N–H and O–H groups in total. The van der Waals surface area contributed by atoms with Crippen LogP contribution in [0.3, 0.4) is 0 Å². The summed E-state index contributed by atoms with van der Waals surface area (Å²) in [5.74, 6) is -0.602. The van der Waals surface area contributed by atoms with Crippen LogP contribution in [0.15, 0.2) is 35.1 Å². The molecule has 0 amide bonds. The van der Waals surface area contributed by atoms with E-state index < -0.39 is 5.82 Å². The van der Waals surface area contributed by atoms with Gasteiger partial charge in [0.2, 0.25) is 0 Å². The summed E-state index contributed by atoms with van der Waals surface area (Å²) in [5.41, 5.74) is 0.608. The summed E-state index contributed by atoms with van der Waals surface area (Å²) in [6, 6.07) is 9.26. The average Bonchev–Trinajstić information content (AvgIpc) is 2.36. The number of aromatic nitrogens is 2. The number of rotatable bonds is 2. The molecular weight excluding hydrogens is 233 g/mol. The van der Waals surface area contributed by atoms with Crippen molar-refractivity contribution in [2.45, 2.75) is 13.5 Å². The summed E-state index contributed by atoms with van der Waals surface area (Å²) < 4.78 is 15.0. The second-order valence-corrected chi connectivity index (χ2v) is 3.86. The number of benzene rings is 1. The Bertz CT molecular complexity index is 685. The van der Waals surface area contributed by atoms with Crippen LogP contribution in [0.1, 0.15) is 16.8 Å².